The van der Waals surface area contributed by atoms with Gasteiger partial charge < -0.3 is 14.4 Å². The van der Waals surface area contributed by atoms with Gasteiger partial charge in [-0.3, -0.25) is 4.98 Å². The molecule has 57 heavy (non-hydrogen) atoms. The van der Waals surface area contributed by atoms with Crippen LogP contribution in [-0.2, 0) is 20.1 Å². The SMILES string of the molecule is Cc1c[c-]c(-c2cc(-c3ccccc3)c(C)cn2)cc1.Cc1c[c-]c(-c2cc(-c3ccccc3)ccn2)c2oc3c(-c4cccc5ccncc45)cccc3c12.[Ir]. The van der Waals surface area contributed by atoms with Gasteiger partial charge in [0.05, 0.1) is 5.58 Å². The predicted octanol–water partition coefficient (Wildman–Crippen LogP) is 13.5. The van der Waals surface area contributed by atoms with Crippen LogP contribution in [0.3, 0.4) is 0 Å². The van der Waals surface area contributed by atoms with Crippen LogP contribution in [0.15, 0.2) is 175 Å². The molecule has 0 atom stereocenters. The molecule has 0 unspecified atom stereocenters. The minimum Gasteiger partial charge on any atom is -0.500 e. The van der Waals surface area contributed by atoms with E-state index in [1.807, 2.05) is 61.2 Å². The van der Waals surface area contributed by atoms with Crippen molar-refractivity contribution in [3.05, 3.63) is 199 Å². The Morgan fingerprint density at radius 1 is 0.509 bits per heavy atom. The second-order valence-corrected chi connectivity index (χ2v) is 14.1. The Kier molecular flexibility index (Phi) is 10.7. The van der Waals surface area contributed by atoms with Crippen LogP contribution in [0.25, 0.3) is 88.6 Å². The van der Waals surface area contributed by atoms with Gasteiger partial charge in [-0.1, -0.05) is 134 Å². The van der Waals surface area contributed by atoms with Crippen LogP contribution >= 0.6 is 0 Å². The molecule has 5 heteroatoms. The summed E-state index contributed by atoms with van der Waals surface area (Å²) >= 11 is 0. The summed E-state index contributed by atoms with van der Waals surface area (Å²) in [5.41, 5.74) is 15.8. The van der Waals surface area contributed by atoms with Crippen molar-refractivity contribution < 1.29 is 24.5 Å². The van der Waals surface area contributed by atoms with Crippen LogP contribution in [0, 0.1) is 32.9 Å². The van der Waals surface area contributed by atoms with Crippen molar-refractivity contribution in [3.63, 3.8) is 0 Å². The number of aromatic nitrogens is 3. The summed E-state index contributed by atoms with van der Waals surface area (Å²) in [5.74, 6) is 0. The second kappa shape index (κ2) is 16.3. The number of pyridine rings is 3. The average Bonchev–Trinajstić information content (AvgIpc) is 3.66. The van der Waals surface area contributed by atoms with Crippen LogP contribution in [-0.4, -0.2) is 15.0 Å². The molecule has 0 aliphatic carbocycles. The van der Waals surface area contributed by atoms with Gasteiger partial charge in [0, 0.05) is 61.2 Å². The molecular weight excluding hydrogens is 875 g/mol. The smallest absolute Gasteiger partial charge is 0.128 e. The van der Waals surface area contributed by atoms with E-state index >= 15 is 0 Å². The molecule has 10 aromatic rings. The number of fused-ring (bicyclic) bond motifs is 4. The van der Waals surface area contributed by atoms with E-state index in [-0.39, 0.29) is 20.1 Å². The maximum atomic E-state index is 6.71. The number of para-hydroxylation sites is 1. The Balaban J connectivity index is 0.000000185. The van der Waals surface area contributed by atoms with Gasteiger partial charge in [-0.2, -0.15) is 0 Å². The van der Waals surface area contributed by atoms with Crippen molar-refractivity contribution in [1.29, 1.82) is 0 Å². The Morgan fingerprint density at radius 2 is 1.28 bits per heavy atom. The number of hydrogen-bond acceptors (Lipinski definition) is 4. The first-order valence-corrected chi connectivity index (χ1v) is 18.7. The van der Waals surface area contributed by atoms with E-state index in [1.54, 1.807) is 0 Å². The van der Waals surface area contributed by atoms with Gasteiger partial charge in [-0.25, -0.2) is 0 Å². The minimum atomic E-state index is 0. The quantitative estimate of drug-likeness (QED) is 0.161. The Labute approximate surface area is 346 Å². The average molecular weight is 912 g/mol. The van der Waals surface area contributed by atoms with E-state index in [0.29, 0.717) is 0 Å². The number of furan rings is 1. The molecule has 6 aromatic carbocycles. The maximum absolute atomic E-state index is 6.71. The molecular formula is C52H37IrN3O-2. The van der Waals surface area contributed by atoms with E-state index in [2.05, 4.69) is 152 Å². The fraction of sp³-hybridized carbons (Fsp3) is 0.0577. The van der Waals surface area contributed by atoms with Crippen LogP contribution in [0.5, 0.6) is 0 Å². The summed E-state index contributed by atoms with van der Waals surface area (Å²) in [4.78, 5) is 13.6. The van der Waals surface area contributed by atoms with Crippen molar-refractivity contribution in [3.8, 4) is 55.9 Å². The zero-order valence-corrected chi connectivity index (χ0v) is 34.1. The molecule has 10 rings (SSSR count). The summed E-state index contributed by atoms with van der Waals surface area (Å²) in [5, 5.41) is 4.46. The zero-order chi connectivity index (χ0) is 38.0. The molecule has 0 spiro atoms. The topological polar surface area (TPSA) is 51.8 Å². The molecule has 4 heterocycles. The van der Waals surface area contributed by atoms with E-state index in [4.69, 9.17) is 9.40 Å². The van der Waals surface area contributed by atoms with E-state index in [0.717, 1.165) is 83.0 Å². The predicted molar refractivity (Wildman–Crippen MR) is 230 cm³/mol. The number of rotatable bonds is 5. The molecule has 0 amide bonds. The van der Waals surface area contributed by atoms with Crippen LogP contribution in [0.1, 0.15) is 16.7 Å². The standard InChI is InChI=1S/C33H21N2O.C19H16N.Ir/c1-21-13-14-27(30-19-24(16-18-35-30)22-7-3-2-4-8-22)33-31(21)28-12-6-11-26(32(28)36-33)25-10-5-9-23-15-17-34-20-29(23)25;1-14-8-10-17(11-9-14)19-12-18(15(2)13-20-19)16-6-4-3-5-7-16;/h2-13,15-20H,1H3;3-10,12-13H,1-2H3;/q2*-1;. The zero-order valence-electron chi connectivity index (χ0n) is 31.7. The van der Waals surface area contributed by atoms with Crippen LogP contribution < -0.4 is 0 Å². The largest absolute Gasteiger partial charge is 0.500 e. The van der Waals surface area contributed by atoms with Crippen molar-refractivity contribution in [1.82, 2.24) is 15.0 Å². The van der Waals surface area contributed by atoms with Crippen molar-refractivity contribution in [2.45, 2.75) is 20.8 Å². The monoisotopic (exact) mass is 912 g/mol. The number of nitrogens with zero attached hydrogens (tertiary/aromatic N) is 3. The van der Waals surface area contributed by atoms with Gasteiger partial charge in [-0.05, 0) is 69.2 Å². The molecule has 0 aliphatic heterocycles. The molecule has 0 bridgehead atoms. The Morgan fingerprint density at radius 3 is 2.07 bits per heavy atom. The van der Waals surface area contributed by atoms with Crippen LogP contribution in [0.4, 0.5) is 0 Å². The summed E-state index contributed by atoms with van der Waals surface area (Å²) in [6.07, 6.45) is 7.55. The van der Waals surface area contributed by atoms with Gasteiger partial charge in [0.1, 0.15) is 5.58 Å². The second-order valence-electron chi connectivity index (χ2n) is 14.1. The summed E-state index contributed by atoms with van der Waals surface area (Å²) in [6, 6.07) is 56.8. The van der Waals surface area contributed by atoms with Gasteiger partial charge in [-0.15, -0.1) is 53.1 Å². The van der Waals surface area contributed by atoms with E-state index in [9.17, 15) is 0 Å². The fourth-order valence-electron chi connectivity index (χ4n) is 7.39. The van der Waals surface area contributed by atoms with Gasteiger partial charge in [0.2, 0.25) is 0 Å². The van der Waals surface area contributed by atoms with Gasteiger partial charge >= 0.3 is 0 Å². The minimum absolute atomic E-state index is 0. The summed E-state index contributed by atoms with van der Waals surface area (Å²) in [7, 11) is 0. The summed E-state index contributed by atoms with van der Waals surface area (Å²) in [6.45, 7) is 6.27. The first-order chi connectivity index (χ1) is 27.5. The molecule has 0 saturated carbocycles. The maximum Gasteiger partial charge on any atom is 0.128 e. The van der Waals surface area contributed by atoms with Crippen LogP contribution in [0.2, 0.25) is 0 Å². The first-order valence-electron chi connectivity index (χ1n) is 18.7. The van der Waals surface area contributed by atoms with E-state index < -0.39 is 0 Å². The van der Waals surface area contributed by atoms with E-state index in [1.165, 1.54) is 22.3 Å². The number of benzene rings is 6. The Bertz CT molecular complexity index is 2990. The molecule has 0 N–H and O–H groups in total. The molecule has 0 aliphatic rings. The Hall–Kier alpha value is -6.52. The normalized spacial score (nSPS) is 10.9. The molecule has 277 valence electrons. The van der Waals surface area contributed by atoms with Crippen molar-refractivity contribution in [2.24, 2.45) is 0 Å². The molecule has 0 saturated heterocycles. The first kappa shape index (κ1) is 37.4. The van der Waals surface area contributed by atoms with Gasteiger partial charge in [0.15, 0.2) is 0 Å². The molecule has 0 fully saturated rings. The third kappa shape index (κ3) is 7.44. The molecule has 1 radical (unpaired) electrons. The van der Waals surface area contributed by atoms with Crippen molar-refractivity contribution in [2.75, 3.05) is 0 Å². The molecule has 4 nitrogen and oxygen atoms in total. The molecule has 4 aromatic heterocycles. The third-order valence-electron chi connectivity index (χ3n) is 10.3. The summed E-state index contributed by atoms with van der Waals surface area (Å²) < 4.78 is 6.71. The number of aryl methyl sites for hydroxylation is 3. The number of hydrogen-bond donors (Lipinski definition) is 0. The van der Waals surface area contributed by atoms with Crippen molar-refractivity contribution >= 4 is 32.7 Å². The third-order valence-corrected chi connectivity index (χ3v) is 10.3. The fourth-order valence-corrected chi connectivity index (χ4v) is 7.39. The van der Waals surface area contributed by atoms with Gasteiger partial charge in [0.25, 0.3) is 0 Å².